The molecule has 0 aliphatic heterocycles. The van der Waals surface area contributed by atoms with E-state index in [1.807, 2.05) is 13.8 Å². The second kappa shape index (κ2) is 6.65. The summed E-state index contributed by atoms with van der Waals surface area (Å²) in [7, 11) is 1.79. The predicted octanol–water partition coefficient (Wildman–Crippen LogP) is 5.26. The minimum Gasteiger partial charge on any atom is -0.457 e. The van der Waals surface area contributed by atoms with Gasteiger partial charge in [-0.15, -0.1) is 0 Å². The van der Waals surface area contributed by atoms with Gasteiger partial charge < -0.3 is 10.1 Å². The third-order valence-electron chi connectivity index (χ3n) is 3.36. The fourth-order valence-corrected chi connectivity index (χ4v) is 2.34. The number of nitrogens with one attached hydrogen (secondary N) is 1. The van der Waals surface area contributed by atoms with Crippen molar-refractivity contribution in [3.63, 3.8) is 0 Å². The summed E-state index contributed by atoms with van der Waals surface area (Å²) in [5.74, 6) is 0.746. The molecule has 2 rings (SSSR count). The summed E-state index contributed by atoms with van der Waals surface area (Å²) in [4.78, 5) is 0. The highest BCUT2D eigenvalue weighted by Crippen LogP contribution is 2.34. The van der Waals surface area contributed by atoms with Crippen LogP contribution < -0.4 is 10.1 Å². The molecule has 0 radical (unpaired) electrons. The lowest BCUT2D eigenvalue weighted by atomic mass is 10.1. The lowest BCUT2D eigenvalue weighted by Crippen LogP contribution is -2.07. The summed E-state index contributed by atoms with van der Waals surface area (Å²) in [6.45, 7) is 4.34. The SMILES string of the molecule is CNCc1cc(F)c(Cl)cc1Oc1ccc(Cl)c(C)c1C. The summed E-state index contributed by atoms with van der Waals surface area (Å²) < 4.78 is 19.5. The van der Waals surface area contributed by atoms with Gasteiger partial charge in [0.05, 0.1) is 5.02 Å². The van der Waals surface area contributed by atoms with Crippen LogP contribution in [-0.2, 0) is 6.54 Å². The Morgan fingerprint density at radius 2 is 1.76 bits per heavy atom. The molecule has 0 atom stereocenters. The first-order valence-electron chi connectivity index (χ1n) is 6.50. The van der Waals surface area contributed by atoms with Gasteiger partial charge in [-0.1, -0.05) is 23.2 Å². The summed E-state index contributed by atoms with van der Waals surface area (Å²) >= 11 is 11.9. The molecule has 112 valence electrons. The Bertz CT molecular complexity index is 674. The first kappa shape index (κ1) is 16.1. The van der Waals surface area contributed by atoms with Gasteiger partial charge in [0, 0.05) is 23.2 Å². The second-order valence-electron chi connectivity index (χ2n) is 4.80. The zero-order valence-corrected chi connectivity index (χ0v) is 13.6. The van der Waals surface area contributed by atoms with Crippen molar-refractivity contribution in [1.82, 2.24) is 5.32 Å². The summed E-state index contributed by atoms with van der Waals surface area (Å²) in [5, 5.41) is 3.70. The number of hydrogen-bond donors (Lipinski definition) is 1. The van der Waals surface area contributed by atoms with E-state index in [0.29, 0.717) is 28.6 Å². The molecule has 2 nitrogen and oxygen atoms in total. The third kappa shape index (κ3) is 3.49. The largest absolute Gasteiger partial charge is 0.457 e. The minimum atomic E-state index is -0.460. The molecule has 0 amide bonds. The zero-order chi connectivity index (χ0) is 15.6. The van der Waals surface area contributed by atoms with Gasteiger partial charge in [-0.05, 0) is 50.2 Å². The monoisotopic (exact) mass is 327 g/mol. The Hall–Kier alpha value is -1.29. The Kier molecular flexibility index (Phi) is 5.09. The van der Waals surface area contributed by atoms with Gasteiger partial charge in [0.1, 0.15) is 17.3 Å². The standard InChI is InChI=1S/C16H16Cl2FNO/c1-9-10(2)15(5-4-12(9)17)21-16-7-13(18)14(19)6-11(16)8-20-3/h4-7,20H,8H2,1-3H3. The molecule has 0 aliphatic rings. The first-order valence-corrected chi connectivity index (χ1v) is 7.25. The molecule has 2 aromatic rings. The van der Waals surface area contributed by atoms with Crippen LogP contribution in [0.3, 0.4) is 0 Å². The van der Waals surface area contributed by atoms with E-state index in [2.05, 4.69) is 5.32 Å². The lowest BCUT2D eigenvalue weighted by molar-refractivity contribution is 0.468. The molecule has 0 unspecified atom stereocenters. The van der Waals surface area contributed by atoms with Gasteiger partial charge in [0.15, 0.2) is 0 Å². The van der Waals surface area contributed by atoms with Gasteiger partial charge in [0.2, 0.25) is 0 Å². The molecule has 0 spiro atoms. The molecule has 21 heavy (non-hydrogen) atoms. The van der Waals surface area contributed by atoms with Crippen molar-refractivity contribution in [3.05, 3.63) is 56.8 Å². The lowest BCUT2D eigenvalue weighted by Gasteiger charge is -2.15. The topological polar surface area (TPSA) is 21.3 Å². The van der Waals surface area contributed by atoms with Crippen molar-refractivity contribution < 1.29 is 9.13 Å². The smallest absolute Gasteiger partial charge is 0.142 e. The van der Waals surface area contributed by atoms with Crippen molar-refractivity contribution in [2.75, 3.05) is 7.05 Å². The van der Waals surface area contributed by atoms with E-state index in [9.17, 15) is 4.39 Å². The molecule has 2 aromatic carbocycles. The third-order valence-corrected chi connectivity index (χ3v) is 4.06. The minimum absolute atomic E-state index is 0.0354. The van der Waals surface area contributed by atoms with Gasteiger partial charge in [0.25, 0.3) is 0 Å². The molecule has 0 aromatic heterocycles. The zero-order valence-electron chi connectivity index (χ0n) is 12.1. The van der Waals surface area contributed by atoms with Gasteiger partial charge in [-0.3, -0.25) is 0 Å². The van der Waals surface area contributed by atoms with E-state index < -0.39 is 5.82 Å². The van der Waals surface area contributed by atoms with Crippen LogP contribution in [0.25, 0.3) is 0 Å². The molecular weight excluding hydrogens is 312 g/mol. The molecule has 0 saturated carbocycles. The molecule has 5 heteroatoms. The molecule has 0 bridgehead atoms. The second-order valence-corrected chi connectivity index (χ2v) is 5.62. The Balaban J connectivity index is 2.43. The molecular formula is C16H16Cl2FNO. The van der Waals surface area contributed by atoms with E-state index in [0.717, 1.165) is 11.1 Å². The van der Waals surface area contributed by atoms with Crippen molar-refractivity contribution in [1.29, 1.82) is 0 Å². The van der Waals surface area contributed by atoms with Gasteiger partial charge >= 0.3 is 0 Å². The Morgan fingerprint density at radius 3 is 2.43 bits per heavy atom. The average molecular weight is 328 g/mol. The van der Waals surface area contributed by atoms with E-state index >= 15 is 0 Å². The molecule has 0 fully saturated rings. The van der Waals surface area contributed by atoms with Crippen molar-refractivity contribution in [3.8, 4) is 11.5 Å². The quantitative estimate of drug-likeness (QED) is 0.826. The van der Waals surface area contributed by atoms with Crippen molar-refractivity contribution in [2.24, 2.45) is 0 Å². The molecule has 0 aliphatic carbocycles. The maximum Gasteiger partial charge on any atom is 0.142 e. The Labute approximate surface area is 133 Å². The van der Waals surface area contributed by atoms with Crippen molar-refractivity contribution in [2.45, 2.75) is 20.4 Å². The van der Waals surface area contributed by atoms with Crippen LogP contribution in [0, 0.1) is 19.7 Å². The normalized spacial score (nSPS) is 10.8. The molecule has 1 N–H and O–H groups in total. The number of ether oxygens (including phenoxy) is 1. The van der Waals surface area contributed by atoms with Crippen LogP contribution in [0.5, 0.6) is 11.5 Å². The van der Waals surface area contributed by atoms with E-state index in [1.54, 1.807) is 19.2 Å². The average Bonchev–Trinajstić information content (AvgIpc) is 2.45. The highest BCUT2D eigenvalue weighted by Gasteiger charge is 2.13. The molecule has 0 saturated heterocycles. The van der Waals surface area contributed by atoms with Gasteiger partial charge in [-0.25, -0.2) is 4.39 Å². The van der Waals surface area contributed by atoms with Crippen LogP contribution in [-0.4, -0.2) is 7.05 Å². The maximum absolute atomic E-state index is 13.6. The van der Waals surface area contributed by atoms with Gasteiger partial charge in [-0.2, -0.15) is 0 Å². The summed E-state index contributed by atoms with van der Waals surface area (Å²) in [6, 6.07) is 6.45. The van der Waals surface area contributed by atoms with Crippen LogP contribution in [0.1, 0.15) is 16.7 Å². The highest BCUT2D eigenvalue weighted by atomic mass is 35.5. The first-order chi connectivity index (χ1) is 9.93. The number of hydrogen-bond acceptors (Lipinski definition) is 2. The summed E-state index contributed by atoms with van der Waals surface area (Å²) in [5.41, 5.74) is 2.60. The van der Waals surface area contributed by atoms with Crippen LogP contribution in [0.2, 0.25) is 10.0 Å². The van der Waals surface area contributed by atoms with Crippen LogP contribution >= 0.6 is 23.2 Å². The van der Waals surface area contributed by atoms with E-state index in [-0.39, 0.29) is 5.02 Å². The predicted molar refractivity (Wildman–Crippen MR) is 85.2 cm³/mol. The Morgan fingerprint density at radius 1 is 1.05 bits per heavy atom. The number of benzene rings is 2. The van der Waals surface area contributed by atoms with E-state index in [1.165, 1.54) is 12.1 Å². The highest BCUT2D eigenvalue weighted by molar-refractivity contribution is 6.31. The molecule has 0 heterocycles. The van der Waals surface area contributed by atoms with Crippen molar-refractivity contribution >= 4 is 23.2 Å². The summed E-state index contributed by atoms with van der Waals surface area (Å²) in [6.07, 6.45) is 0. The fraction of sp³-hybridized carbons (Fsp3) is 0.250. The van der Waals surface area contributed by atoms with E-state index in [4.69, 9.17) is 27.9 Å². The number of rotatable bonds is 4. The van der Waals surface area contributed by atoms with Crippen LogP contribution in [0.4, 0.5) is 4.39 Å². The van der Waals surface area contributed by atoms with Crippen LogP contribution in [0.15, 0.2) is 24.3 Å². The maximum atomic E-state index is 13.6. The number of halogens is 3. The fourth-order valence-electron chi connectivity index (χ4n) is 1.99.